The Bertz CT molecular complexity index is 1170. The fourth-order valence-corrected chi connectivity index (χ4v) is 5.24. The molecule has 0 N–H and O–H groups in total. The minimum Gasteiger partial charge on any atom is -0.491 e. The maximum atomic E-state index is 13.5. The smallest absolute Gasteiger partial charge is 0.255 e. The molecular formula is C26H26ClFN2O4S. The van der Waals surface area contributed by atoms with E-state index in [0.29, 0.717) is 22.9 Å². The van der Waals surface area contributed by atoms with Crippen LogP contribution in [0.2, 0.25) is 5.02 Å². The van der Waals surface area contributed by atoms with Crippen LogP contribution in [0.3, 0.4) is 0 Å². The van der Waals surface area contributed by atoms with Crippen LogP contribution in [0, 0.1) is 5.82 Å². The number of hydrogen-bond donors (Lipinski definition) is 0. The largest absolute Gasteiger partial charge is 0.491 e. The summed E-state index contributed by atoms with van der Waals surface area (Å²) in [6, 6.07) is 14.3. The van der Waals surface area contributed by atoms with Crippen LogP contribution in [-0.2, 0) is 16.0 Å². The number of ether oxygens (including phenoxy) is 2. The van der Waals surface area contributed by atoms with Gasteiger partial charge in [0, 0.05) is 25.1 Å². The highest BCUT2D eigenvalue weighted by molar-refractivity contribution is 7.10. The Morgan fingerprint density at radius 1 is 1.17 bits per heavy atom. The van der Waals surface area contributed by atoms with Crippen LogP contribution in [-0.4, -0.2) is 61.6 Å². The van der Waals surface area contributed by atoms with Crippen molar-refractivity contribution in [2.45, 2.75) is 12.5 Å². The predicted molar refractivity (Wildman–Crippen MR) is 134 cm³/mol. The number of hydrogen-bond acceptors (Lipinski definition) is 5. The number of thiophene rings is 1. The predicted octanol–water partition coefficient (Wildman–Crippen LogP) is 4.83. The summed E-state index contributed by atoms with van der Waals surface area (Å²) in [7, 11) is 1.55. The summed E-state index contributed by atoms with van der Waals surface area (Å²) >= 11 is 7.90. The molecule has 0 unspecified atom stereocenters. The van der Waals surface area contributed by atoms with Crippen molar-refractivity contribution in [2.75, 3.05) is 40.0 Å². The Hall–Kier alpha value is -2.94. The third-order valence-corrected chi connectivity index (χ3v) is 7.25. The SMILES string of the molecule is COCCN(CC(=O)N1CCc2sccc2[C@H]1COc1ccc(F)cc1)C(=O)c1ccccc1Cl. The lowest BCUT2D eigenvalue weighted by atomic mass is 10.0. The molecule has 4 rings (SSSR count). The van der Waals surface area contributed by atoms with E-state index in [1.807, 2.05) is 11.4 Å². The van der Waals surface area contributed by atoms with Gasteiger partial charge in [-0.2, -0.15) is 0 Å². The van der Waals surface area contributed by atoms with E-state index in [1.54, 1.807) is 59.7 Å². The van der Waals surface area contributed by atoms with E-state index in [4.69, 9.17) is 21.1 Å². The molecule has 0 fully saturated rings. The van der Waals surface area contributed by atoms with Crippen molar-refractivity contribution >= 4 is 34.8 Å². The molecule has 0 radical (unpaired) electrons. The van der Waals surface area contributed by atoms with E-state index >= 15 is 0 Å². The van der Waals surface area contributed by atoms with Crippen molar-refractivity contribution in [3.05, 3.63) is 86.8 Å². The maximum absolute atomic E-state index is 13.5. The number of halogens is 2. The number of amides is 2. The lowest BCUT2D eigenvalue weighted by molar-refractivity contribution is -0.135. The second-order valence-corrected chi connectivity index (χ2v) is 9.52. The molecule has 2 amide bonds. The second kappa shape index (κ2) is 11.7. The van der Waals surface area contributed by atoms with Crippen molar-refractivity contribution < 1.29 is 23.5 Å². The number of benzene rings is 2. The summed E-state index contributed by atoms with van der Waals surface area (Å²) in [5.74, 6) is -0.331. The Kier molecular flexibility index (Phi) is 8.38. The van der Waals surface area contributed by atoms with Gasteiger partial charge in [0.25, 0.3) is 5.91 Å². The lowest BCUT2D eigenvalue weighted by Gasteiger charge is -2.37. The summed E-state index contributed by atoms with van der Waals surface area (Å²) in [4.78, 5) is 31.2. The van der Waals surface area contributed by atoms with Crippen molar-refractivity contribution in [2.24, 2.45) is 0 Å². The van der Waals surface area contributed by atoms with Gasteiger partial charge in [-0.3, -0.25) is 9.59 Å². The molecule has 35 heavy (non-hydrogen) atoms. The summed E-state index contributed by atoms with van der Waals surface area (Å²) in [5.41, 5.74) is 1.38. The standard InChI is InChI=1S/C26H26ClFN2O4S/c1-33-14-13-29(26(32)20-4-2-3-5-22(20)27)16-25(31)30-12-10-24-21(11-15-35-24)23(30)17-34-19-8-6-18(28)7-9-19/h2-9,11,15,23H,10,12-14,16-17H2,1H3/t23-/m1/s1. The van der Waals surface area contributed by atoms with E-state index < -0.39 is 0 Å². The average Bonchev–Trinajstić information content (AvgIpc) is 3.35. The minimum absolute atomic E-state index is 0.111. The van der Waals surface area contributed by atoms with E-state index in [2.05, 4.69) is 0 Å². The van der Waals surface area contributed by atoms with Gasteiger partial charge in [0.05, 0.1) is 23.2 Å². The molecule has 1 aliphatic heterocycles. The van der Waals surface area contributed by atoms with Crippen LogP contribution in [0.25, 0.3) is 0 Å². The van der Waals surface area contributed by atoms with Gasteiger partial charge in [-0.25, -0.2) is 4.39 Å². The fourth-order valence-electron chi connectivity index (χ4n) is 4.09. The molecule has 1 atom stereocenters. The zero-order chi connectivity index (χ0) is 24.8. The van der Waals surface area contributed by atoms with Crippen LogP contribution in [0.4, 0.5) is 4.39 Å². The molecule has 0 aliphatic carbocycles. The number of methoxy groups -OCH3 is 1. The molecule has 9 heteroatoms. The van der Waals surface area contributed by atoms with Crippen molar-refractivity contribution in [1.82, 2.24) is 9.80 Å². The van der Waals surface area contributed by atoms with Crippen molar-refractivity contribution in [1.29, 1.82) is 0 Å². The normalized spacial score (nSPS) is 14.9. The first-order valence-corrected chi connectivity index (χ1v) is 12.5. The van der Waals surface area contributed by atoms with Crippen LogP contribution >= 0.6 is 22.9 Å². The lowest BCUT2D eigenvalue weighted by Crippen LogP contribution is -2.48. The topological polar surface area (TPSA) is 59.1 Å². The van der Waals surface area contributed by atoms with E-state index in [1.165, 1.54) is 21.9 Å². The minimum atomic E-state index is -0.341. The maximum Gasteiger partial charge on any atom is 0.255 e. The first-order valence-electron chi connectivity index (χ1n) is 11.2. The van der Waals surface area contributed by atoms with Gasteiger partial charge in [-0.15, -0.1) is 11.3 Å². The summed E-state index contributed by atoms with van der Waals surface area (Å²) in [5, 5.41) is 2.34. The summed E-state index contributed by atoms with van der Waals surface area (Å²) < 4.78 is 24.4. The van der Waals surface area contributed by atoms with Gasteiger partial charge in [0.2, 0.25) is 5.91 Å². The molecule has 0 saturated heterocycles. The summed E-state index contributed by atoms with van der Waals surface area (Å²) in [6.45, 7) is 1.16. The molecule has 1 aromatic heterocycles. The number of carbonyl (C=O) groups is 2. The Balaban J connectivity index is 1.53. The zero-order valence-corrected chi connectivity index (χ0v) is 20.9. The molecule has 184 valence electrons. The molecule has 3 aromatic rings. The Morgan fingerprint density at radius 3 is 2.69 bits per heavy atom. The number of rotatable bonds is 9. The third-order valence-electron chi connectivity index (χ3n) is 5.92. The van der Waals surface area contributed by atoms with E-state index in [-0.39, 0.29) is 50.0 Å². The van der Waals surface area contributed by atoms with Gasteiger partial charge in [0.1, 0.15) is 24.7 Å². The quantitative estimate of drug-likeness (QED) is 0.408. The van der Waals surface area contributed by atoms with Crippen LogP contribution in [0.15, 0.2) is 60.0 Å². The van der Waals surface area contributed by atoms with Gasteiger partial charge >= 0.3 is 0 Å². The van der Waals surface area contributed by atoms with Gasteiger partial charge in [-0.1, -0.05) is 23.7 Å². The molecule has 2 aromatic carbocycles. The highest BCUT2D eigenvalue weighted by Gasteiger charge is 2.33. The fraction of sp³-hybridized carbons (Fsp3) is 0.308. The van der Waals surface area contributed by atoms with Crippen LogP contribution in [0.1, 0.15) is 26.8 Å². The average molecular weight is 517 g/mol. The first-order chi connectivity index (χ1) is 17.0. The van der Waals surface area contributed by atoms with Crippen molar-refractivity contribution in [3.8, 4) is 5.75 Å². The molecule has 0 saturated carbocycles. The van der Waals surface area contributed by atoms with Crippen molar-refractivity contribution in [3.63, 3.8) is 0 Å². The van der Waals surface area contributed by atoms with Gasteiger partial charge < -0.3 is 19.3 Å². The molecular weight excluding hydrogens is 491 g/mol. The Morgan fingerprint density at radius 2 is 1.94 bits per heavy atom. The monoisotopic (exact) mass is 516 g/mol. The molecule has 6 nitrogen and oxygen atoms in total. The Labute approximate surface area is 212 Å². The van der Waals surface area contributed by atoms with Crippen LogP contribution in [0.5, 0.6) is 5.75 Å². The molecule has 0 spiro atoms. The van der Waals surface area contributed by atoms with E-state index in [9.17, 15) is 14.0 Å². The third kappa shape index (κ3) is 6.01. The zero-order valence-electron chi connectivity index (χ0n) is 19.3. The first kappa shape index (κ1) is 25.2. The highest BCUT2D eigenvalue weighted by atomic mass is 35.5. The summed E-state index contributed by atoms with van der Waals surface area (Å²) in [6.07, 6.45) is 0.738. The van der Waals surface area contributed by atoms with E-state index in [0.717, 1.165) is 12.0 Å². The van der Waals surface area contributed by atoms with Gasteiger partial charge in [0.15, 0.2) is 0 Å². The molecule has 2 heterocycles. The van der Waals surface area contributed by atoms with Gasteiger partial charge in [-0.05, 0) is 59.8 Å². The number of fused-ring (bicyclic) bond motifs is 1. The molecule has 0 bridgehead atoms. The molecule has 1 aliphatic rings. The number of nitrogens with zero attached hydrogens (tertiary/aromatic N) is 2. The number of carbonyl (C=O) groups excluding carboxylic acids is 2. The van der Waals surface area contributed by atoms with Crippen LogP contribution < -0.4 is 4.74 Å². The second-order valence-electron chi connectivity index (χ2n) is 8.12. The highest BCUT2D eigenvalue weighted by Crippen LogP contribution is 2.34.